The molecule has 2 N–H and O–H groups in total. The third-order valence-corrected chi connectivity index (χ3v) is 4.15. The molecule has 2 rings (SSSR count). The van der Waals surface area contributed by atoms with Gasteiger partial charge in [0.2, 0.25) is 0 Å². The summed E-state index contributed by atoms with van der Waals surface area (Å²) < 4.78 is 44.0. The molecule has 0 aromatic heterocycles. The molecular formula is C14H13F2NO2S. The molecule has 0 radical (unpaired) electrons. The van der Waals surface area contributed by atoms with E-state index in [0.717, 1.165) is 6.07 Å². The van der Waals surface area contributed by atoms with Gasteiger partial charge in [0.25, 0.3) is 0 Å². The minimum Gasteiger partial charge on any atom is -0.495 e. The number of hydrogen-bond acceptors (Lipinski definition) is 3. The number of benzene rings is 2. The molecule has 1 unspecified atom stereocenters. The van der Waals surface area contributed by atoms with Crippen molar-refractivity contribution in [3.63, 3.8) is 0 Å². The zero-order valence-corrected chi connectivity index (χ0v) is 11.5. The van der Waals surface area contributed by atoms with E-state index in [1.54, 1.807) is 12.1 Å². The van der Waals surface area contributed by atoms with E-state index < -0.39 is 22.4 Å². The Bertz CT molecular complexity index is 662. The first-order valence-electron chi connectivity index (χ1n) is 5.77. The van der Waals surface area contributed by atoms with Gasteiger partial charge in [-0.2, -0.15) is 0 Å². The smallest absolute Gasteiger partial charge is 0.162 e. The Kier molecular flexibility index (Phi) is 4.34. The molecular weight excluding hydrogens is 284 g/mol. The van der Waals surface area contributed by atoms with Crippen molar-refractivity contribution in [2.24, 2.45) is 0 Å². The van der Waals surface area contributed by atoms with Crippen molar-refractivity contribution in [2.45, 2.75) is 10.6 Å². The molecule has 0 fully saturated rings. The van der Waals surface area contributed by atoms with Crippen LogP contribution in [0.25, 0.3) is 0 Å². The van der Waals surface area contributed by atoms with Gasteiger partial charge in [-0.1, -0.05) is 12.1 Å². The number of anilines is 1. The lowest BCUT2D eigenvalue weighted by atomic mass is 10.2. The largest absolute Gasteiger partial charge is 0.495 e. The maximum absolute atomic E-state index is 13.6. The van der Waals surface area contributed by atoms with E-state index in [0.29, 0.717) is 16.3 Å². The average Bonchev–Trinajstić information content (AvgIpc) is 2.43. The summed E-state index contributed by atoms with van der Waals surface area (Å²) in [4.78, 5) is 0.394. The van der Waals surface area contributed by atoms with Crippen molar-refractivity contribution in [1.29, 1.82) is 0 Å². The fourth-order valence-electron chi connectivity index (χ4n) is 1.75. The molecule has 0 aliphatic carbocycles. The predicted octanol–water partition coefficient (Wildman–Crippen LogP) is 2.86. The minimum absolute atomic E-state index is 0.0576. The molecule has 0 spiro atoms. The highest BCUT2D eigenvalue weighted by molar-refractivity contribution is 7.84. The second-order valence-corrected chi connectivity index (χ2v) is 5.53. The van der Waals surface area contributed by atoms with Gasteiger partial charge in [0, 0.05) is 17.3 Å². The maximum atomic E-state index is 13.6. The number of ether oxygens (including phenoxy) is 1. The quantitative estimate of drug-likeness (QED) is 0.883. The van der Waals surface area contributed by atoms with Gasteiger partial charge in [0.15, 0.2) is 11.6 Å². The molecule has 2 aromatic rings. The van der Waals surface area contributed by atoms with Crippen LogP contribution >= 0.6 is 0 Å². The molecule has 0 amide bonds. The molecule has 0 aliphatic rings. The van der Waals surface area contributed by atoms with Crippen molar-refractivity contribution >= 4 is 16.5 Å². The normalized spacial score (nSPS) is 12.2. The van der Waals surface area contributed by atoms with E-state index in [2.05, 4.69) is 0 Å². The number of hydrogen-bond donors (Lipinski definition) is 1. The lowest BCUT2D eigenvalue weighted by Gasteiger charge is -2.09. The van der Waals surface area contributed by atoms with Crippen LogP contribution in [-0.2, 0) is 16.6 Å². The lowest BCUT2D eigenvalue weighted by Crippen LogP contribution is -2.03. The second kappa shape index (κ2) is 6.00. The van der Waals surface area contributed by atoms with Crippen molar-refractivity contribution in [1.82, 2.24) is 0 Å². The van der Waals surface area contributed by atoms with E-state index in [1.165, 1.54) is 25.3 Å². The Morgan fingerprint density at radius 2 is 2.00 bits per heavy atom. The number of halogens is 2. The lowest BCUT2D eigenvalue weighted by molar-refractivity contribution is 0.404. The van der Waals surface area contributed by atoms with Crippen LogP contribution in [0.5, 0.6) is 5.75 Å². The van der Waals surface area contributed by atoms with Gasteiger partial charge in [0.05, 0.1) is 28.6 Å². The fraction of sp³-hybridized carbons (Fsp3) is 0.143. The molecule has 3 nitrogen and oxygen atoms in total. The Labute approximate surface area is 117 Å². The molecule has 6 heteroatoms. The number of rotatable bonds is 4. The van der Waals surface area contributed by atoms with Crippen LogP contribution in [0.1, 0.15) is 5.56 Å². The zero-order valence-electron chi connectivity index (χ0n) is 10.7. The summed E-state index contributed by atoms with van der Waals surface area (Å²) in [6, 6.07) is 8.48. The topological polar surface area (TPSA) is 52.3 Å². The van der Waals surface area contributed by atoms with Gasteiger partial charge >= 0.3 is 0 Å². The summed E-state index contributed by atoms with van der Waals surface area (Å²) in [5, 5.41) is 0. The van der Waals surface area contributed by atoms with Crippen LogP contribution < -0.4 is 10.5 Å². The van der Waals surface area contributed by atoms with E-state index in [1.807, 2.05) is 0 Å². The number of nitrogen functional groups attached to an aromatic ring is 1. The third kappa shape index (κ3) is 2.96. The zero-order chi connectivity index (χ0) is 14.7. The number of methoxy groups -OCH3 is 1. The van der Waals surface area contributed by atoms with Crippen LogP contribution in [-0.4, -0.2) is 11.3 Å². The van der Waals surface area contributed by atoms with Crippen LogP contribution in [0.2, 0.25) is 0 Å². The first kappa shape index (κ1) is 14.5. The van der Waals surface area contributed by atoms with E-state index in [9.17, 15) is 13.0 Å². The fourth-order valence-corrected chi connectivity index (χ4v) is 3.00. The molecule has 0 aliphatic heterocycles. The third-order valence-electron chi connectivity index (χ3n) is 2.75. The van der Waals surface area contributed by atoms with Crippen LogP contribution in [0.4, 0.5) is 14.5 Å². The average molecular weight is 297 g/mol. The first-order chi connectivity index (χ1) is 9.52. The first-order valence-corrected chi connectivity index (χ1v) is 7.09. The standard InChI is InChI=1S/C14H13F2NO2S/c1-19-12-7-10(17)5-6-13(12)20(18)8-9-3-2-4-11(15)14(9)16/h2-7H,8,17H2,1H3. The molecule has 2 aromatic carbocycles. The Morgan fingerprint density at radius 1 is 1.25 bits per heavy atom. The van der Waals surface area contributed by atoms with Crippen molar-refractivity contribution < 1.29 is 17.7 Å². The predicted molar refractivity (Wildman–Crippen MR) is 73.9 cm³/mol. The molecule has 0 bridgehead atoms. The Hall–Kier alpha value is -1.95. The summed E-state index contributed by atoms with van der Waals surface area (Å²) in [6.45, 7) is 0. The van der Waals surface area contributed by atoms with Crippen LogP contribution in [0.15, 0.2) is 41.3 Å². The molecule has 20 heavy (non-hydrogen) atoms. The van der Waals surface area contributed by atoms with Gasteiger partial charge in [0.1, 0.15) is 5.75 Å². The SMILES string of the molecule is COc1cc(N)ccc1S(=O)Cc1cccc(F)c1F. The van der Waals surface area contributed by atoms with Gasteiger partial charge in [-0.05, 0) is 18.2 Å². The second-order valence-electron chi connectivity index (χ2n) is 4.11. The molecule has 106 valence electrons. The summed E-state index contributed by atoms with van der Waals surface area (Å²) in [5.41, 5.74) is 6.14. The Morgan fingerprint density at radius 3 is 2.70 bits per heavy atom. The van der Waals surface area contributed by atoms with E-state index in [4.69, 9.17) is 10.5 Å². The summed E-state index contributed by atoms with van der Waals surface area (Å²) in [5.74, 6) is -1.71. The highest BCUT2D eigenvalue weighted by atomic mass is 32.2. The minimum atomic E-state index is -1.56. The van der Waals surface area contributed by atoms with Crippen molar-refractivity contribution in [2.75, 3.05) is 12.8 Å². The van der Waals surface area contributed by atoms with Gasteiger partial charge in [-0.3, -0.25) is 4.21 Å². The highest BCUT2D eigenvalue weighted by Crippen LogP contribution is 2.27. The van der Waals surface area contributed by atoms with Gasteiger partial charge in [-0.25, -0.2) is 8.78 Å². The van der Waals surface area contributed by atoms with Gasteiger partial charge < -0.3 is 10.5 Å². The van der Waals surface area contributed by atoms with Crippen LogP contribution in [0.3, 0.4) is 0 Å². The summed E-state index contributed by atoms with van der Waals surface area (Å²) in [6.07, 6.45) is 0. The monoisotopic (exact) mass is 297 g/mol. The van der Waals surface area contributed by atoms with Crippen LogP contribution in [0, 0.1) is 11.6 Å². The van der Waals surface area contributed by atoms with Gasteiger partial charge in [-0.15, -0.1) is 0 Å². The van der Waals surface area contributed by atoms with E-state index in [-0.39, 0.29) is 11.3 Å². The molecule has 0 heterocycles. The Balaban J connectivity index is 2.31. The number of nitrogens with two attached hydrogens (primary N) is 1. The molecule has 1 atom stereocenters. The maximum Gasteiger partial charge on any atom is 0.162 e. The highest BCUT2D eigenvalue weighted by Gasteiger charge is 2.15. The molecule has 0 saturated carbocycles. The van der Waals surface area contributed by atoms with Crippen molar-refractivity contribution in [3.05, 3.63) is 53.6 Å². The van der Waals surface area contributed by atoms with E-state index >= 15 is 0 Å². The summed E-state index contributed by atoms with van der Waals surface area (Å²) in [7, 11) is -0.131. The van der Waals surface area contributed by atoms with Crippen molar-refractivity contribution in [3.8, 4) is 5.75 Å². The molecule has 0 saturated heterocycles. The summed E-state index contributed by atoms with van der Waals surface area (Å²) >= 11 is 0.